The quantitative estimate of drug-likeness (QED) is 0.565. The highest BCUT2D eigenvalue weighted by atomic mass is 16.3. The van der Waals surface area contributed by atoms with Gasteiger partial charge in [0, 0.05) is 13.1 Å². The molecule has 0 unspecified atom stereocenters. The summed E-state index contributed by atoms with van der Waals surface area (Å²) < 4.78 is 0.986. The molecule has 1 fully saturated rings. The van der Waals surface area contributed by atoms with Crippen LogP contribution in [-0.4, -0.2) is 43.1 Å². The molecule has 3 heterocycles. The largest absolute Gasteiger partial charge is 0.844 e. The molecule has 0 radical (unpaired) electrons. The van der Waals surface area contributed by atoms with Crippen molar-refractivity contribution in [2.75, 3.05) is 18.0 Å². The molecule has 0 spiro atoms. The predicted octanol–water partition coefficient (Wildman–Crippen LogP) is -1.41. The number of fused-ring (bicyclic) bond motifs is 1. The molecule has 0 amide bonds. The average Bonchev–Trinajstić information content (AvgIpc) is 2.88. The molecule has 0 aromatic carbocycles. The Kier molecular flexibility index (Phi) is 1.67. The van der Waals surface area contributed by atoms with Crippen LogP contribution in [0.15, 0.2) is 0 Å². The van der Waals surface area contributed by atoms with Gasteiger partial charge in [-0.3, -0.25) is 0 Å². The first-order valence-electron chi connectivity index (χ1n) is 4.73. The summed E-state index contributed by atoms with van der Waals surface area (Å²) in [6.07, 6.45) is 2.21. The summed E-state index contributed by atoms with van der Waals surface area (Å²) in [5, 5.41) is 22.0. The van der Waals surface area contributed by atoms with Crippen LogP contribution in [0.3, 0.4) is 0 Å². The summed E-state index contributed by atoms with van der Waals surface area (Å²) in [6.45, 7) is 1.77. The van der Waals surface area contributed by atoms with E-state index in [1.165, 1.54) is 0 Å². The van der Waals surface area contributed by atoms with Crippen molar-refractivity contribution in [2.45, 2.75) is 12.8 Å². The molecule has 0 N–H and O–H groups in total. The number of rotatable bonds is 1. The van der Waals surface area contributed by atoms with Crippen LogP contribution in [0.4, 0.5) is 5.95 Å². The molecule has 0 aliphatic carbocycles. The molecular formula is C7H8N7O-. The van der Waals surface area contributed by atoms with Crippen LogP contribution in [-0.2, 0) is 0 Å². The van der Waals surface area contributed by atoms with Crippen LogP contribution in [0, 0.1) is 0 Å². The summed E-state index contributed by atoms with van der Waals surface area (Å²) in [5.41, 5.74) is 0. The van der Waals surface area contributed by atoms with E-state index in [1.807, 2.05) is 4.90 Å². The van der Waals surface area contributed by atoms with E-state index in [2.05, 4.69) is 25.5 Å². The van der Waals surface area contributed by atoms with Gasteiger partial charge in [-0.2, -0.15) is 9.50 Å². The minimum Gasteiger partial charge on any atom is -0.844 e. The molecule has 0 bridgehead atoms. The fraction of sp³-hybridized carbons (Fsp3) is 0.571. The van der Waals surface area contributed by atoms with Gasteiger partial charge in [-0.25, -0.2) is 4.98 Å². The van der Waals surface area contributed by atoms with Crippen molar-refractivity contribution < 1.29 is 5.11 Å². The maximum Gasteiger partial charge on any atom is 0.277 e. The van der Waals surface area contributed by atoms with Gasteiger partial charge in [0.15, 0.2) is 0 Å². The third-order valence-electron chi connectivity index (χ3n) is 2.42. The molecular weight excluding hydrogens is 198 g/mol. The van der Waals surface area contributed by atoms with Gasteiger partial charge in [0.1, 0.15) is 0 Å². The first-order chi connectivity index (χ1) is 7.34. The Morgan fingerprint density at radius 3 is 2.73 bits per heavy atom. The van der Waals surface area contributed by atoms with Crippen molar-refractivity contribution in [1.82, 2.24) is 30.0 Å². The predicted molar refractivity (Wildman–Crippen MR) is 47.3 cm³/mol. The Hall–Kier alpha value is -1.99. The van der Waals surface area contributed by atoms with Gasteiger partial charge in [0.25, 0.3) is 5.78 Å². The Morgan fingerprint density at radius 2 is 1.93 bits per heavy atom. The molecule has 2 aromatic rings. The molecule has 0 saturated carbocycles. The molecule has 3 rings (SSSR count). The van der Waals surface area contributed by atoms with E-state index in [4.69, 9.17) is 0 Å². The highest BCUT2D eigenvalue weighted by Gasteiger charge is 2.16. The minimum atomic E-state index is -0.480. The molecule has 8 heteroatoms. The Labute approximate surface area is 84.6 Å². The van der Waals surface area contributed by atoms with Crippen LogP contribution in [0.25, 0.3) is 5.78 Å². The van der Waals surface area contributed by atoms with E-state index in [1.54, 1.807) is 0 Å². The average molecular weight is 206 g/mol. The fourth-order valence-electron chi connectivity index (χ4n) is 1.68. The summed E-state index contributed by atoms with van der Waals surface area (Å²) >= 11 is 0. The summed E-state index contributed by atoms with van der Waals surface area (Å²) in [7, 11) is 0. The second kappa shape index (κ2) is 3.01. The van der Waals surface area contributed by atoms with E-state index >= 15 is 0 Å². The number of hydrogen-bond donors (Lipinski definition) is 0. The van der Waals surface area contributed by atoms with Gasteiger partial charge in [0.05, 0.1) is 6.01 Å². The highest BCUT2D eigenvalue weighted by Crippen LogP contribution is 2.16. The lowest BCUT2D eigenvalue weighted by atomic mass is 10.4. The smallest absolute Gasteiger partial charge is 0.277 e. The van der Waals surface area contributed by atoms with Gasteiger partial charge < -0.3 is 10.0 Å². The topological polar surface area (TPSA) is 95.2 Å². The van der Waals surface area contributed by atoms with Crippen LogP contribution in [0.1, 0.15) is 12.8 Å². The SMILES string of the molecule is [O-]c1nc(N2CCCC2)nc2nnnn12. The van der Waals surface area contributed by atoms with Crippen LogP contribution >= 0.6 is 0 Å². The molecule has 1 saturated heterocycles. The van der Waals surface area contributed by atoms with E-state index in [9.17, 15) is 5.11 Å². The molecule has 0 atom stereocenters. The summed E-state index contributed by atoms with van der Waals surface area (Å²) in [4.78, 5) is 9.92. The van der Waals surface area contributed by atoms with Gasteiger partial charge in [-0.05, 0) is 23.3 Å². The van der Waals surface area contributed by atoms with Gasteiger partial charge in [-0.1, -0.05) is 5.10 Å². The first kappa shape index (κ1) is 8.33. The maximum absolute atomic E-state index is 11.5. The van der Waals surface area contributed by atoms with Crippen molar-refractivity contribution in [1.29, 1.82) is 0 Å². The second-order valence-corrected chi connectivity index (χ2v) is 3.39. The van der Waals surface area contributed by atoms with Crippen LogP contribution in [0.2, 0.25) is 0 Å². The summed E-state index contributed by atoms with van der Waals surface area (Å²) in [5.74, 6) is 0.636. The zero-order chi connectivity index (χ0) is 10.3. The summed E-state index contributed by atoms with van der Waals surface area (Å²) in [6, 6.07) is -0.480. The van der Waals surface area contributed by atoms with Gasteiger partial charge in [0.2, 0.25) is 5.95 Å². The number of anilines is 1. The van der Waals surface area contributed by atoms with Crippen molar-refractivity contribution in [3.8, 4) is 6.01 Å². The van der Waals surface area contributed by atoms with E-state index in [0.29, 0.717) is 5.95 Å². The van der Waals surface area contributed by atoms with Gasteiger partial charge in [-0.15, -0.1) is 0 Å². The molecule has 1 aliphatic heterocycles. The second-order valence-electron chi connectivity index (χ2n) is 3.39. The monoisotopic (exact) mass is 206 g/mol. The molecule has 8 nitrogen and oxygen atoms in total. The zero-order valence-corrected chi connectivity index (χ0v) is 7.87. The number of aromatic nitrogens is 6. The Balaban J connectivity index is 2.11. The third kappa shape index (κ3) is 1.25. The third-order valence-corrected chi connectivity index (χ3v) is 2.42. The number of tetrazole rings is 1. The lowest BCUT2D eigenvalue weighted by Crippen LogP contribution is -2.22. The standard InChI is InChI=1S/C7H9N7O/c15-7-9-5(13-3-1-2-4-13)8-6-10-11-12-14(6)7/h1-4H2,(H,8,9,10,12,15)/p-1. The van der Waals surface area contributed by atoms with Crippen molar-refractivity contribution >= 4 is 11.7 Å². The maximum atomic E-state index is 11.5. The van der Waals surface area contributed by atoms with Crippen molar-refractivity contribution in [3.05, 3.63) is 0 Å². The highest BCUT2D eigenvalue weighted by molar-refractivity contribution is 5.39. The molecule has 15 heavy (non-hydrogen) atoms. The van der Waals surface area contributed by atoms with Gasteiger partial charge >= 0.3 is 0 Å². The zero-order valence-electron chi connectivity index (χ0n) is 7.87. The van der Waals surface area contributed by atoms with Crippen molar-refractivity contribution in [3.63, 3.8) is 0 Å². The molecule has 78 valence electrons. The lowest BCUT2D eigenvalue weighted by molar-refractivity contribution is -0.284. The molecule has 1 aliphatic rings. The van der Waals surface area contributed by atoms with E-state index in [-0.39, 0.29) is 5.78 Å². The molecule has 2 aromatic heterocycles. The van der Waals surface area contributed by atoms with Crippen LogP contribution in [0.5, 0.6) is 6.01 Å². The lowest BCUT2D eigenvalue weighted by Gasteiger charge is -2.16. The first-order valence-corrected chi connectivity index (χ1v) is 4.73. The number of hydrogen-bond acceptors (Lipinski definition) is 7. The Morgan fingerprint density at radius 1 is 1.13 bits per heavy atom. The van der Waals surface area contributed by atoms with E-state index in [0.717, 1.165) is 30.4 Å². The van der Waals surface area contributed by atoms with Crippen LogP contribution < -0.4 is 10.0 Å². The number of nitrogens with zero attached hydrogens (tertiary/aromatic N) is 7. The fourth-order valence-corrected chi connectivity index (χ4v) is 1.68. The normalized spacial score (nSPS) is 16.4. The van der Waals surface area contributed by atoms with Crippen molar-refractivity contribution in [2.24, 2.45) is 0 Å². The minimum absolute atomic E-state index is 0.205. The Bertz CT molecular complexity index is 489. The van der Waals surface area contributed by atoms with E-state index < -0.39 is 6.01 Å².